The van der Waals surface area contributed by atoms with Crippen molar-refractivity contribution in [2.24, 2.45) is 7.05 Å². The van der Waals surface area contributed by atoms with E-state index < -0.39 is 0 Å². The number of phenolic OH excluding ortho intramolecular Hbond substituents is 1. The Morgan fingerprint density at radius 2 is 1.88 bits per heavy atom. The van der Waals surface area contributed by atoms with E-state index in [0.29, 0.717) is 13.1 Å². The summed E-state index contributed by atoms with van der Waals surface area (Å²) in [5.74, 6) is 0.272. The molecule has 1 aromatic carbocycles. The van der Waals surface area contributed by atoms with Crippen LogP contribution in [0.25, 0.3) is 10.3 Å². The zero-order chi connectivity index (χ0) is 18.1. The van der Waals surface area contributed by atoms with Gasteiger partial charge in [0.2, 0.25) is 0 Å². The zero-order valence-corrected chi connectivity index (χ0v) is 15.4. The van der Waals surface area contributed by atoms with Gasteiger partial charge in [-0.15, -0.1) is 0 Å². The Hall–Kier alpha value is -2.93. The van der Waals surface area contributed by atoms with E-state index in [0.717, 1.165) is 32.3 Å². The number of benzene rings is 1. The first-order valence-corrected chi connectivity index (χ1v) is 9.13. The average Bonchev–Trinajstić information content (AvgIpc) is 3.19. The van der Waals surface area contributed by atoms with Crippen molar-refractivity contribution < 1.29 is 5.11 Å². The molecule has 132 valence electrons. The Kier molecular flexibility index (Phi) is 4.30. The number of pyridine rings is 1. The van der Waals surface area contributed by atoms with Crippen LogP contribution in [-0.2, 0) is 20.1 Å². The van der Waals surface area contributed by atoms with Crippen molar-refractivity contribution in [3.63, 3.8) is 0 Å². The lowest BCUT2D eigenvalue weighted by Gasteiger charge is -2.22. The third-order valence-corrected chi connectivity index (χ3v) is 5.42. The second kappa shape index (κ2) is 6.76. The number of nitrogens with zero attached hydrogens (tertiary/aromatic N) is 5. The zero-order valence-electron chi connectivity index (χ0n) is 14.6. The Morgan fingerprint density at radius 1 is 1.12 bits per heavy atom. The minimum absolute atomic E-state index is 0.272. The lowest BCUT2D eigenvalue weighted by molar-refractivity contribution is 0.475. The number of fused-ring (bicyclic) bond motifs is 1. The Bertz CT molecular complexity index is 989. The lowest BCUT2D eigenvalue weighted by atomic mass is 10.2. The number of aromatic nitrogens is 4. The summed E-state index contributed by atoms with van der Waals surface area (Å²) in [5, 5.41) is 14.9. The van der Waals surface area contributed by atoms with E-state index >= 15 is 0 Å². The molecule has 0 bridgehead atoms. The summed E-state index contributed by atoms with van der Waals surface area (Å²) in [6.07, 6.45) is 3.66. The van der Waals surface area contributed by atoms with Gasteiger partial charge >= 0.3 is 0 Å². The van der Waals surface area contributed by atoms with Crippen LogP contribution in [0.4, 0.5) is 5.13 Å². The summed E-state index contributed by atoms with van der Waals surface area (Å²) in [4.78, 5) is 11.3. The first-order valence-electron chi connectivity index (χ1n) is 8.32. The molecule has 0 saturated carbocycles. The lowest BCUT2D eigenvalue weighted by Crippen LogP contribution is -2.22. The van der Waals surface area contributed by atoms with Crippen LogP contribution in [-0.4, -0.2) is 24.9 Å². The number of anilines is 1. The molecule has 3 heterocycles. The summed E-state index contributed by atoms with van der Waals surface area (Å²) in [5.41, 5.74) is 4.14. The van der Waals surface area contributed by atoms with Gasteiger partial charge in [-0.3, -0.25) is 4.98 Å². The number of hydrogen-bond donors (Lipinski definition) is 1. The third-order valence-electron chi connectivity index (χ3n) is 4.21. The van der Waals surface area contributed by atoms with Crippen molar-refractivity contribution >= 4 is 26.8 Å². The topological polar surface area (TPSA) is 67.1 Å². The monoisotopic (exact) mass is 365 g/mol. The minimum atomic E-state index is 0.272. The van der Waals surface area contributed by atoms with Gasteiger partial charge < -0.3 is 10.0 Å². The van der Waals surface area contributed by atoms with Gasteiger partial charge in [0.1, 0.15) is 5.75 Å². The number of aromatic hydroxyl groups is 1. The highest BCUT2D eigenvalue weighted by molar-refractivity contribution is 7.22. The van der Waals surface area contributed by atoms with E-state index in [1.165, 1.54) is 0 Å². The van der Waals surface area contributed by atoms with Crippen LogP contribution >= 0.6 is 11.3 Å². The molecule has 7 heteroatoms. The first-order chi connectivity index (χ1) is 12.6. The van der Waals surface area contributed by atoms with Gasteiger partial charge in [0.15, 0.2) is 10.8 Å². The van der Waals surface area contributed by atoms with Crippen LogP contribution < -0.4 is 4.90 Å². The second-order valence-corrected chi connectivity index (χ2v) is 7.22. The molecule has 1 N–H and O–H groups in total. The van der Waals surface area contributed by atoms with Crippen LogP contribution in [0.3, 0.4) is 0 Å². The summed E-state index contributed by atoms with van der Waals surface area (Å²) >= 11 is 1.66. The molecule has 0 aliphatic heterocycles. The van der Waals surface area contributed by atoms with Gasteiger partial charge in [-0.05, 0) is 36.2 Å². The normalized spacial score (nSPS) is 11.2. The standard InChI is InChI=1S/C19H19N5OS/c1-13-17-18(23(2)22-13)21-19(26-17)24(12-15-4-3-9-20-10-15)11-14-5-7-16(25)8-6-14/h3-10,25H,11-12H2,1-2H3. The van der Waals surface area contributed by atoms with Crippen LogP contribution in [0.1, 0.15) is 16.8 Å². The Morgan fingerprint density at radius 3 is 2.58 bits per heavy atom. The number of phenols is 1. The Labute approximate surface area is 155 Å². The molecular weight excluding hydrogens is 346 g/mol. The molecule has 0 amide bonds. The van der Waals surface area contributed by atoms with Crippen molar-refractivity contribution in [1.29, 1.82) is 0 Å². The molecule has 4 rings (SSSR count). The van der Waals surface area contributed by atoms with Crippen molar-refractivity contribution in [2.75, 3.05) is 4.90 Å². The van der Waals surface area contributed by atoms with Crippen LogP contribution in [0, 0.1) is 6.92 Å². The third kappa shape index (κ3) is 3.25. The van der Waals surface area contributed by atoms with Gasteiger partial charge in [-0.1, -0.05) is 29.5 Å². The predicted molar refractivity (Wildman–Crippen MR) is 103 cm³/mol. The van der Waals surface area contributed by atoms with E-state index in [-0.39, 0.29) is 5.75 Å². The van der Waals surface area contributed by atoms with E-state index in [1.807, 2.05) is 43.0 Å². The average molecular weight is 365 g/mol. The number of thiazole rings is 1. The molecule has 0 aliphatic rings. The highest BCUT2D eigenvalue weighted by atomic mass is 32.1. The van der Waals surface area contributed by atoms with E-state index in [2.05, 4.69) is 21.0 Å². The van der Waals surface area contributed by atoms with Crippen LogP contribution in [0.2, 0.25) is 0 Å². The molecule has 0 atom stereocenters. The second-order valence-electron chi connectivity index (χ2n) is 6.24. The van der Waals surface area contributed by atoms with Gasteiger partial charge in [0.05, 0.1) is 10.4 Å². The number of aryl methyl sites for hydroxylation is 2. The molecular formula is C19H19N5OS. The number of hydrogen-bond acceptors (Lipinski definition) is 6. The first kappa shape index (κ1) is 16.5. The summed E-state index contributed by atoms with van der Waals surface area (Å²) in [6.45, 7) is 3.41. The maximum Gasteiger partial charge on any atom is 0.188 e. The molecule has 0 radical (unpaired) electrons. The van der Waals surface area contributed by atoms with Gasteiger partial charge in [-0.25, -0.2) is 9.67 Å². The fourth-order valence-corrected chi connectivity index (χ4v) is 3.96. The molecule has 0 aliphatic carbocycles. The van der Waals surface area contributed by atoms with Gasteiger partial charge in [-0.2, -0.15) is 5.10 Å². The molecule has 4 aromatic rings. The maximum absolute atomic E-state index is 9.53. The van der Waals surface area contributed by atoms with Gasteiger partial charge in [0, 0.05) is 32.5 Å². The van der Waals surface area contributed by atoms with E-state index in [4.69, 9.17) is 4.98 Å². The van der Waals surface area contributed by atoms with E-state index in [9.17, 15) is 5.11 Å². The SMILES string of the molecule is Cc1nn(C)c2nc(N(Cc3ccc(O)cc3)Cc3cccnc3)sc12. The largest absolute Gasteiger partial charge is 0.508 e. The van der Waals surface area contributed by atoms with Crippen molar-refractivity contribution in [3.8, 4) is 5.75 Å². The maximum atomic E-state index is 9.53. The van der Waals surface area contributed by atoms with E-state index in [1.54, 1.807) is 29.7 Å². The van der Waals surface area contributed by atoms with Crippen molar-refractivity contribution in [3.05, 3.63) is 65.6 Å². The summed E-state index contributed by atoms with van der Waals surface area (Å²) in [6, 6.07) is 11.3. The van der Waals surface area contributed by atoms with Crippen LogP contribution in [0.15, 0.2) is 48.8 Å². The smallest absolute Gasteiger partial charge is 0.188 e. The van der Waals surface area contributed by atoms with Crippen molar-refractivity contribution in [1.82, 2.24) is 19.7 Å². The predicted octanol–water partition coefficient (Wildman–Crippen LogP) is 3.65. The molecule has 0 fully saturated rings. The minimum Gasteiger partial charge on any atom is -0.508 e. The van der Waals surface area contributed by atoms with Crippen molar-refractivity contribution in [2.45, 2.75) is 20.0 Å². The highest BCUT2D eigenvalue weighted by Crippen LogP contribution is 2.32. The fraction of sp³-hybridized carbons (Fsp3) is 0.211. The van der Waals surface area contributed by atoms with Gasteiger partial charge in [0.25, 0.3) is 0 Å². The molecule has 26 heavy (non-hydrogen) atoms. The molecule has 6 nitrogen and oxygen atoms in total. The molecule has 3 aromatic heterocycles. The molecule has 0 saturated heterocycles. The quantitative estimate of drug-likeness (QED) is 0.585. The number of rotatable bonds is 5. The molecule has 0 spiro atoms. The Balaban J connectivity index is 1.70. The summed E-state index contributed by atoms with van der Waals surface area (Å²) in [7, 11) is 1.92. The summed E-state index contributed by atoms with van der Waals surface area (Å²) < 4.78 is 2.94. The fourth-order valence-electron chi connectivity index (χ4n) is 2.93. The van der Waals surface area contributed by atoms with Crippen LogP contribution in [0.5, 0.6) is 5.75 Å². The molecule has 0 unspecified atom stereocenters. The highest BCUT2D eigenvalue weighted by Gasteiger charge is 2.17.